The minimum Gasteiger partial charge on any atom is -0.478 e. The van der Waals surface area contributed by atoms with Crippen molar-refractivity contribution in [2.75, 3.05) is 18.4 Å². The van der Waals surface area contributed by atoms with Gasteiger partial charge in [-0.1, -0.05) is 26.0 Å². The third kappa shape index (κ3) is 5.42. The second-order valence-electron chi connectivity index (χ2n) is 11.1. The summed E-state index contributed by atoms with van der Waals surface area (Å²) in [5.41, 5.74) is 2.94. The number of likely N-dealkylation sites (tertiary alicyclic amines) is 1. The Morgan fingerprint density at radius 3 is 2.46 bits per heavy atom. The second kappa shape index (κ2) is 8.91. The van der Waals surface area contributed by atoms with E-state index in [1.807, 2.05) is 45.0 Å². The third-order valence-electron chi connectivity index (χ3n) is 6.43. The van der Waals surface area contributed by atoms with Crippen LogP contribution in [0.4, 0.5) is 10.5 Å². The molecule has 2 amide bonds. The number of carboxylic acid groups (broad SMARTS) is 1. The normalized spacial score (nSPS) is 19.1. The summed E-state index contributed by atoms with van der Waals surface area (Å²) in [5.74, 6) is -1.12. The molecule has 1 fully saturated rings. The molecule has 0 spiro atoms. The van der Waals surface area contributed by atoms with Gasteiger partial charge in [0.05, 0.1) is 17.6 Å². The fourth-order valence-electron chi connectivity index (χ4n) is 4.67. The monoisotopic (exact) mass is 479 g/mol. The predicted molar refractivity (Wildman–Crippen MR) is 133 cm³/mol. The number of nitrogens with one attached hydrogen (secondary N) is 2. The third-order valence-corrected chi connectivity index (χ3v) is 6.43. The first-order valence-corrected chi connectivity index (χ1v) is 11.8. The van der Waals surface area contributed by atoms with Crippen LogP contribution < -0.4 is 10.6 Å². The minimum atomic E-state index is -0.938. The van der Waals surface area contributed by atoms with Crippen LogP contribution in [0.5, 0.6) is 0 Å². The smallest absolute Gasteiger partial charge is 0.410 e. The molecule has 4 rings (SSSR count). The van der Waals surface area contributed by atoms with Crippen molar-refractivity contribution in [3.8, 4) is 0 Å². The lowest BCUT2D eigenvalue weighted by atomic mass is 9.72. The average molecular weight is 480 g/mol. The Labute approximate surface area is 205 Å². The molecule has 8 nitrogen and oxygen atoms in total. The van der Waals surface area contributed by atoms with Crippen LogP contribution >= 0.6 is 0 Å². The van der Waals surface area contributed by atoms with Crippen LogP contribution in [-0.4, -0.2) is 52.7 Å². The summed E-state index contributed by atoms with van der Waals surface area (Å²) in [6.45, 7) is 10.6. The molecule has 0 saturated carbocycles. The van der Waals surface area contributed by atoms with E-state index in [1.54, 1.807) is 23.1 Å². The molecule has 8 heteroatoms. The van der Waals surface area contributed by atoms with Gasteiger partial charge in [-0.05, 0) is 74.1 Å². The first-order valence-electron chi connectivity index (χ1n) is 11.8. The molecular weight excluding hydrogens is 446 g/mol. The van der Waals surface area contributed by atoms with Crippen LogP contribution in [0.15, 0.2) is 42.5 Å². The molecule has 2 aliphatic rings. The molecule has 35 heavy (non-hydrogen) atoms. The molecule has 1 unspecified atom stereocenters. The van der Waals surface area contributed by atoms with E-state index in [4.69, 9.17) is 4.74 Å². The largest absolute Gasteiger partial charge is 0.478 e. The summed E-state index contributed by atoms with van der Waals surface area (Å²) in [4.78, 5) is 38.0. The molecule has 0 radical (unpaired) electrons. The van der Waals surface area contributed by atoms with Gasteiger partial charge in [-0.3, -0.25) is 4.79 Å². The van der Waals surface area contributed by atoms with Gasteiger partial charge in [-0.25, -0.2) is 9.59 Å². The number of carboxylic acids is 1. The Morgan fingerprint density at radius 1 is 1.09 bits per heavy atom. The Morgan fingerprint density at radius 2 is 1.80 bits per heavy atom. The number of carbonyl (C=O) groups is 3. The van der Waals surface area contributed by atoms with Crippen molar-refractivity contribution in [1.82, 2.24) is 10.2 Å². The summed E-state index contributed by atoms with van der Waals surface area (Å²) >= 11 is 0. The number of carbonyl (C=O) groups excluding carboxylic acids is 2. The summed E-state index contributed by atoms with van der Waals surface area (Å²) in [6, 6.07) is 12.5. The summed E-state index contributed by atoms with van der Waals surface area (Å²) in [6.07, 6.45) is 0.339. The zero-order valence-corrected chi connectivity index (χ0v) is 20.8. The van der Waals surface area contributed by atoms with E-state index in [0.717, 1.165) is 16.8 Å². The minimum absolute atomic E-state index is 0.0511. The summed E-state index contributed by atoms with van der Waals surface area (Å²) in [5, 5.41) is 15.9. The van der Waals surface area contributed by atoms with Gasteiger partial charge in [0.1, 0.15) is 5.60 Å². The van der Waals surface area contributed by atoms with Crippen LogP contribution in [-0.2, 0) is 11.2 Å². The Hall–Kier alpha value is -3.55. The summed E-state index contributed by atoms with van der Waals surface area (Å²) < 4.78 is 5.36. The Bertz CT molecular complexity index is 1160. The van der Waals surface area contributed by atoms with Gasteiger partial charge >= 0.3 is 12.1 Å². The topological polar surface area (TPSA) is 108 Å². The lowest BCUT2D eigenvalue weighted by Crippen LogP contribution is -2.61. The first kappa shape index (κ1) is 24.6. The van der Waals surface area contributed by atoms with Crippen molar-refractivity contribution in [2.45, 2.75) is 58.7 Å². The Kier molecular flexibility index (Phi) is 6.25. The number of fused-ring (bicyclic) bond motifs is 1. The number of benzene rings is 2. The molecule has 2 aromatic rings. The molecule has 186 valence electrons. The number of amides is 2. The van der Waals surface area contributed by atoms with E-state index >= 15 is 0 Å². The molecule has 2 aromatic carbocycles. The number of nitrogens with zero attached hydrogens (tertiary/aromatic N) is 1. The van der Waals surface area contributed by atoms with Crippen molar-refractivity contribution in [1.29, 1.82) is 0 Å². The number of anilines is 1. The number of ether oxygens (including phenoxy) is 1. The molecule has 3 N–H and O–H groups in total. The van der Waals surface area contributed by atoms with Crippen LogP contribution in [0, 0.1) is 5.41 Å². The maximum Gasteiger partial charge on any atom is 0.410 e. The SMILES string of the molecule is CC(C)(C)OC(=O)N1CC(NC(=O)c2cccc(C3Nc4ccc(C(=O)O)cc4CC3(C)C)c2)C1. The Balaban J connectivity index is 1.43. The van der Waals surface area contributed by atoms with Crippen molar-refractivity contribution in [3.63, 3.8) is 0 Å². The highest BCUT2D eigenvalue weighted by Gasteiger charge is 2.37. The molecule has 1 atom stereocenters. The highest BCUT2D eigenvalue weighted by atomic mass is 16.6. The van der Waals surface area contributed by atoms with Crippen molar-refractivity contribution in [3.05, 3.63) is 64.7 Å². The maximum absolute atomic E-state index is 12.9. The quantitative estimate of drug-likeness (QED) is 0.597. The summed E-state index contributed by atoms with van der Waals surface area (Å²) in [7, 11) is 0. The van der Waals surface area contributed by atoms with E-state index in [0.29, 0.717) is 25.1 Å². The molecule has 0 aromatic heterocycles. The van der Waals surface area contributed by atoms with Crippen LogP contribution in [0.3, 0.4) is 0 Å². The fourth-order valence-corrected chi connectivity index (χ4v) is 4.67. The second-order valence-corrected chi connectivity index (χ2v) is 11.1. The highest BCUT2D eigenvalue weighted by Crippen LogP contribution is 2.45. The van der Waals surface area contributed by atoms with Gasteiger partial charge < -0.3 is 25.4 Å². The lowest BCUT2D eigenvalue weighted by molar-refractivity contribution is 0.00532. The van der Waals surface area contributed by atoms with Crippen LogP contribution in [0.2, 0.25) is 0 Å². The number of hydrogen-bond acceptors (Lipinski definition) is 5. The van der Waals surface area contributed by atoms with Crippen molar-refractivity contribution >= 4 is 23.7 Å². The van der Waals surface area contributed by atoms with E-state index < -0.39 is 11.6 Å². The van der Waals surface area contributed by atoms with Crippen molar-refractivity contribution < 1.29 is 24.2 Å². The predicted octanol–water partition coefficient (Wildman–Crippen LogP) is 4.47. The van der Waals surface area contributed by atoms with Crippen molar-refractivity contribution in [2.24, 2.45) is 5.41 Å². The van der Waals surface area contributed by atoms with Gasteiger partial charge in [0.15, 0.2) is 0 Å². The molecule has 0 bridgehead atoms. The van der Waals surface area contributed by atoms with E-state index in [-0.39, 0.29) is 35.1 Å². The molecule has 2 heterocycles. The number of aromatic carboxylic acids is 1. The van der Waals surface area contributed by atoms with Gasteiger partial charge in [0, 0.05) is 24.3 Å². The number of rotatable bonds is 4. The molecular formula is C27H33N3O5. The maximum atomic E-state index is 12.9. The highest BCUT2D eigenvalue weighted by molar-refractivity contribution is 5.95. The van der Waals surface area contributed by atoms with E-state index in [1.165, 1.54) is 0 Å². The van der Waals surface area contributed by atoms with Gasteiger partial charge in [-0.15, -0.1) is 0 Å². The van der Waals surface area contributed by atoms with E-state index in [2.05, 4.69) is 24.5 Å². The first-order chi connectivity index (χ1) is 16.3. The zero-order valence-electron chi connectivity index (χ0n) is 20.8. The van der Waals surface area contributed by atoms with E-state index in [9.17, 15) is 19.5 Å². The lowest BCUT2D eigenvalue weighted by Gasteiger charge is -2.41. The zero-order chi connectivity index (χ0) is 25.5. The van der Waals surface area contributed by atoms with Gasteiger partial charge in [0.25, 0.3) is 5.91 Å². The van der Waals surface area contributed by atoms with Crippen LogP contribution in [0.25, 0.3) is 0 Å². The van der Waals surface area contributed by atoms with Crippen LogP contribution in [0.1, 0.15) is 72.5 Å². The number of hydrogen-bond donors (Lipinski definition) is 3. The molecule has 0 aliphatic carbocycles. The average Bonchev–Trinajstić information content (AvgIpc) is 2.72. The molecule has 1 saturated heterocycles. The van der Waals surface area contributed by atoms with Gasteiger partial charge in [-0.2, -0.15) is 0 Å². The fraction of sp³-hybridized carbons (Fsp3) is 0.444. The standard InChI is InChI=1S/C27H33N3O5/c1-26(2,3)35-25(34)30-14-20(15-30)28-23(31)17-8-6-7-16(11-17)22-27(4,5)13-19-12-18(24(32)33)9-10-21(19)29-22/h6-12,20,22,29H,13-15H2,1-5H3,(H,28,31)(H,32,33). The molecule has 2 aliphatic heterocycles. The van der Waals surface area contributed by atoms with Gasteiger partial charge in [0.2, 0.25) is 0 Å².